The van der Waals surface area contributed by atoms with Crippen LogP contribution in [0.2, 0.25) is 0 Å². The lowest BCUT2D eigenvalue weighted by atomic mass is 9.84. The van der Waals surface area contributed by atoms with Crippen LogP contribution >= 0.6 is 0 Å². The van der Waals surface area contributed by atoms with E-state index in [0.717, 1.165) is 17.1 Å². The third-order valence-corrected chi connectivity index (χ3v) is 3.65. The van der Waals surface area contributed by atoms with E-state index in [0.29, 0.717) is 13.2 Å². The van der Waals surface area contributed by atoms with Gasteiger partial charge in [-0.2, -0.15) is 0 Å². The van der Waals surface area contributed by atoms with Gasteiger partial charge in [0.1, 0.15) is 11.5 Å². The Labute approximate surface area is 154 Å². The maximum absolute atomic E-state index is 6.25. The summed E-state index contributed by atoms with van der Waals surface area (Å²) >= 11 is 0. The number of hydrogen-bond donors (Lipinski definition) is 0. The van der Waals surface area contributed by atoms with Crippen molar-refractivity contribution in [1.82, 2.24) is 0 Å². The first kappa shape index (κ1) is 21.6. The maximum Gasteiger partial charge on any atom is 0.129 e. The standard InChI is InChI=1S/C22H36O3/c1-16(2)25-20(17-11-10-12-18(13-17)23-9)19(22(6,7)8)14-24-15-21(3,4)5/h10-13,16H,14-15H2,1-9H3/b20-19+. The Hall–Kier alpha value is -1.48. The molecule has 0 N–H and O–H groups in total. The molecule has 142 valence electrons. The van der Waals surface area contributed by atoms with E-state index in [-0.39, 0.29) is 16.9 Å². The van der Waals surface area contributed by atoms with Crippen molar-refractivity contribution in [1.29, 1.82) is 0 Å². The monoisotopic (exact) mass is 348 g/mol. The smallest absolute Gasteiger partial charge is 0.129 e. The molecule has 0 fully saturated rings. The van der Waals surface area contributed by atoms with Crippen LogP contribution in [-0.2, 0) is 9.47 Å². The third kappa shape index (κ3) is 7.52. The second-order valence-electron chi connectivity index (χ2n) is 9.01. The van der Waals surface area contributed by atoms with E-state index in [1.165, 1.54) is 5.57 Å². The molecule has 0 radical (unpaired) electrons. The van der Waals surface area contributed by atoms with Gasteiger partial charge in [0.05, 0.1) is 26.4 Å². The minimum Gasteiger partial charge on any atom is -0.497 e. The first-order valence-corrected chi connectivity index (χ1v) is 9.06. The summed E-state index contributed by atoms with van der Waals surface area (Å²) in [6, 6.07) is 8.03. The van der Waals surface area contributed by atoms with Crippen LogP contribution in [0, 0.1) is 10.8 Å². The van der Waals surface area contributed by atoms with E-state index in [2.05, 4.69) is 61.5 Å². The Morgan fingerprint density at radius 2 is 1.68 bits per heavy atom. The summed E-state index contributed by atoms with van der Waals surface area (Å²) in [4.78, 5) is 0. The van der Waals surface area contributed by atoms with E-state index in [4.69, 9.17) is 14.2 Å². The summed E-state index contributed by atoms with van der Waals surface area (Å²) < 4.78 is 17.7. The molecule has 0 saturated heterocycles. The van der Waals surface area contributed by atoms with Crippen molar-refractivity contribution in [3.05, 3.63) is 35.4 Å². The van der Waals surface area contributed by atoms with Crippen molar-refractivity contribution in [2.75, 3.05) is 20.3 Å². The highest BCUT2D eigenvalue weighted by Gasteiger charge is 2.25. The van der Waals surface area contributed by atoms with E-state index >= 15 is 0 Å². The Bertz CT molecular complexity index is 572. The molecule has 1 rings (SSSR count). The van der Waals surface area contributed by atoms with Crippen molar-refractivity contribution in [3.63, 3.8) is 0 Å². The second-order valence-corrected chi connectivity index (χ2v) is 9.01. The van der Waals surface area contributed by atoms with Crippen LogP contribution in [0.15, 0.2) is 29.8 Å². The van der Waals surface area contributed by atoms with Crippen LogP contribution in [0.25, 0.3) is 5.76 Å². The predicted molar refractivity (Wildman–Crippen MR) is 106 cm³/mol. The fourth-order valence-electron chi connectivity index (χ4n) is 2.40. The summed E-state index contributed by atoms with van der Waals surface area (Å²) in [5, 5.41) is 0. The normalized spacial score (nSPS) is 13.7. The van der Waals surface area contributed by atoms with Gasteiger partial charge in [-0.15, -0.1) is 0 Å². The van der Waals surface area contributed by atoms with Crippen LogP contribution in [0.1, 0.15) is 61.0 Å². The molecular weight excluding hydrogens is 312 g/mol. The topological polar surface area (TPSA) is 27.7 Å². The average molecular weight is 349 g/mol. The van der Waals surface area contributed by atoms with Crippen molar-refractivity contribution in [2.45, 2.75) is 61.5 Å². The van der Waals surface area contributed by atoms with Gasteiger partial charge in [0.2, 0.25) is 0 Å². The number of methoxy groups -OCH3 is 1. The van der Waals surface area contributed by atoms with Crippen LogP contribution in [-0.4, -0.2) is 26.4 Å². The molecule has 1 aromatic carbocycles. The van der Waals surface area contributed by atoms with E-state index in [1.807, 2.05) is 18.2 Å². The zero-order chi connectivity index (χ0) is 19.3. The Morgan fingerprint density at radius 3 is 2.16 bits per heavy atom. The van der Waals surface area contributed by atoms with Crippen molar-refractivity contribution >= 4 is 5.76 Å². The van der Waals surface area contributed by atoms with Gasteiger partial charge in [-0.3, -0.25) is 0 Å². The quantitative estimate of drug-likeness (QED) is 0.571. The van der Waals surface area contributed by atoms with E-state index < -0.39 is 0 Å². The molecule has 25 heavy (non-hydrogen) atoms. The summed E-state index contributed by atoms with van der Waals surface area (Å²) in [7, 11) is 1.68. The number of ether oxygens (including phenoxy) is 3. The molecular formula is C22H36O3. The lowest BCUT2D eigenvalue weighted by Crippen LogP contribution is -2.22. The first-order valence-electron chi connectivity index (χ1n) is 9.06. The molecule has 0 heterocycles. The number of benzene rings is 1. The minimum atomic E-state index is -0.0643. The van der Waals surface area contributed by atoms with Crippen molar-refractivity contribution < 1.29 is 14.2 Å². The summed E-state index contributed by atoms with van der Waals surface area (Å²) in [5.41, 5.74) is 2.26. The maximum atomic E-state index is 6.25. The fourth-order valence-corrected chi connectivity index (χ4v) is 2.40. The average Bonchev–Trinajstić information content (AvgIpc) is 2.47. The summed E-state index contributed by atoms with van der Waals surface area (Å²) in [6.07, 6.45) is 0.0844. The lowest BCUT2D eigenvalue weighted by Gasteiger charge is -2.29. The Morgan fingerprint density at radius 1 is 1.04 bits per heavy atom. The van der Waals surface area contributed by atoms with Gasteiger partial charge in [-0.1, -0.05) is 53.7 Å². The van der Waals surface area contributed by atoms with Gasteiger partial charge in [-0.05, 0) is 36.8 Å². The molecule has 0 atom stereocenters. The fraction of sp³-hybridized carbons (Fsp3) is 0.636. The predicted octanol–water partition coefficient (Wildman–Crippen LogP) is 5.94. The molecule has 3 heteroatoms. The molecule has 0 aliphatic heterocycles. The highest BCUT2D eigenvalue weighted by Crippen LogP contribution is 2.35. The van der Waals surface area contributed by atoms with Gasteiger partial charge in [0, 0.05) is 11.1 Å². The molecule has 0 spiro atoms. The first-order chi connectivity index (χ1) is 11.4. The van der Waals surface area contributed by atoms with Gasteiger partial charge < -0.3 is 14.2 Å². The SMILES string of the molecule is COc1cccc(/C(OC(C)C)=C(/COCC(C)(C)C)C(C)(C)C)c1. The van der Waals surface area contributed by atoms with E-state index in [9.17, 15) is 0 Å². The number of rotatable bonds is 7. The molecule has 0 saturated carbocycles. The Kier molecular flexibility index (Phi) is 7.55. The van der Waals surface area contributed by atoms with Crippen LogP contribution in [0.5, 0.6) is 5.75 Å². The minimum absolute atomic E-state index is 0.0643. The van der Waals surface area contributed by atoms with Gasteiger partial charge in [0.25, 0.3) is 0 Å². The molecule has 0 aliphatic carbocycles. The van der Waals surface area contributed by atoms with Gasteiger partial charge >= 0.3 is 0 Å². The number of hydrogen-bond acceptors (Lipinski definition) is 3. The zero-order valence-electron chi connectivity index (χ0n) is 17.5. The van der Waals surface area contributed by atoms with Gasteiger partial charge in [0.15, 0.2) is 0 Å². The molecule has 3 nitrogen and oxygen atoms in total. The van der Waals surface area contributed by atoms with E-state index in [1.54, 1.807) is 7.11 Å². The highest BCUT2D eigenvalue weighted by atomic mass is 16.5. The van der Waals surface area contributed by atoms with Crippen LogP contribution in [0.4, 0.5) is 0 Å². The van der Waals surface area contributed by atoms with Crippen molar-refractivity contribution in [2.24, 2.45) is 10.8 Å². The molecule has 1 aromatic rings. The summed E-state index contributed by atoms with van der Waals surface area (Å²) in [6.45, 7) is 18.5. The van der Waals surface area contributed by atoms with Crippen molar-refractivity contribution in [3.8, 4) is 5.75 Å². The van der Waals surface area contributed by atoms with Crippen LogP contribution < -0.4 is 4.74 Å². The van der Waals surface area contributed by atoms with Gasteiger partial charge in [-0.25, -0.2) is 0 Å². The summed E-state index contributed by atoms with van der Waals surface area (Å²) in [5.74, 6) is 1.72. The zero-order valence-corrected chi connectivity index (χ0v) is 17.5. The largest absolute Gasteiger partial charge is 0.497 e. The Balaban J connectivity index is 3.32. The molecule has 0 aliphatic rings. The molecule has 0 bridgehead atoms. The highest BCUT2D eigenvalue weighted by molar-refractivity contribution is 5.66. The molecule has 0 aromatic heterocycles. The molecule has 0 amide bonds. The second kappa shape index (κ2) is 8.75. The van der Waals surface area contributed by atoms with Crippen LogP contribution in [0.3, 0.4) is 0 Å². The third-order valence-electron chi connectivity index (χ3n) is 3.65. The lowest BCUT2D eigenvalue weighted by molar-refractivity contribution is 0.0773. The molecule has 0 unspecified atom stereocenters.